The third-order valence-electron chi connectivity index (χ3n) is 4.10. The minimum Gasteiger partial charge on any atom is -0.381 e. The Labute approximate surface area is 123 Å². The van der Waals surface area contributed by atoms with Crippen LogP contribution in [0.4, 0.5) is 0 Å². The Morgan fingerprint density at radius 1 is 1.35 bits per heavy atom. The van der Waals surface area contributed by atoms with Gasteiger partial charge in [0.2, 0.25) is 0 Å². The molecule has 0 aromatic carbocycles. The van der Waals surface area contributed by atoms with E-state index in [1.54, 1.807) is 7.11 Å². The van der Waals surface area contributed by atoms with Gasteiger partial charge in [-0.15, -0.1) is 0 Å². The highest BCUT2D eigenvalue weighted by molar-refractivity contribution is 5.03. The molecule has 1 rings (SSSR count). The number of ether oxygens (including phenoxy) is 2. The van der Waals surface area contributed by atoms with Crippen molar-refractivity contribution in [3.8, 4) is 6.07 Å². The topological polar surface area (TPSA) is 54.3 Å². The Balaban J connectivity index is 2.18. The fourth-order valence-corrected chi connectivity index (χ4v) is 2.73. The van der Waals surface area contributed by atoms with Gasteiger partial charge in [0.05, 0.1) is 18.3 Å². The summed E-state index contributed by atoms with van der Waals surface area (Å²) in [5.74, 6) is 0. The standard InChI is InChI=1S/C16H30N2O2/c1-4-10-18-16(2,13-17)9-6-11-20-15-8-5-7-14(12-15)19-3/h14-15,18H,4-12H2,1-3H3. The molecule has 116 valence electrons. The lowest BCUT2D eigenvalue weighted by molar-refractivity contribution is -0.0309. The van der Waals surface area contributed by atoms with Gasteiger partial charge in [0.15, 0.2) is 0 Å². The molecule has 1 saturated carbocycles. The van der Waals surface area contributed by atoms with Gasteiger partial charge < -0.3 is 9.47 Å². The van der Waals surface area contributed by atoms with Crippen LogP contribution in [0.5, 0.6) is 0 Å². The summed E-state index contributed by atoms with van der Waals surface area (Å²) in [6, 6.07) is 2.38. The molecule has 1 aliphatic rings. The molecule has 3 atom stereocenters. The molecule has 0 heterocycles. The summed E-state index contributed by atoms with van der Waals surface area (Å²) in [7, 11) is 1.78. The molecule has 0 amide bonds. The number of nitrogens with zero attached hydrogens (tertiary/aromatic N) is 1. The highest BCUT2D eigenvalue weighted by atomic mass is 16.5. The zero-order valence-electron chi connectivity index (χ0n) is 13.3. The highest BCUT2D eigenvalue weighted by Crippen LogP contribution is 2.23. The molecule has 0 bridgehead atoms. The molecule has 1 N–H and O–H groups in total. The quantitative estimate of drug-likeness (QED) is 0.660. The monoisotopic (exact) mass is 282 g/mol. The van der Waals surface area contributed by atoms with Gasteiger partial charge in [0.25, 0.3) is 0 Å². The van der Waals surface area contributed by atoms with Crippen molar-refractivity contribution in [1.29, 1.82) is 5.26 Å². The van der Waals surface area contributed by atoms with E-state index >= 15 is 0 Å². The van der Waals surface area contributed by atoms with Crippen LogP contribution in [0.3, 0.4) is 0 Å². The zero-order valence-corrected chi connectivity index (χ0v) is 13.3. The van der Waals surface area contributed by atoms with Gasteiger partial charge in [-0.3, -0.25) is 5.32 Å². The van der Waals surface area contributed by atoms with E-state index in [0.29, 0.717) is 12.2 Å². The smallest absolute Gasteiger partial charge is 0.104 e. The van der Waals surface area contributed by atoms with Crippen LogP contribution in [0.25, 0.3) is 0 Å². The third-order valence-corrected chi connectivity index (χ3v) is 4.10. The second-order valence-corrected chi connectivity index (χ2v) is 5.99. The van der Waals surface area contributed by atoms with Crippen LogP contribution in [-0.4, -0.2) is 38.0 Å². The summed E-state index contributed by atoms with van der Waals surface area (Å²) in [5.41, 5.74) is -0.416. The van der Waals surface area contributed by atoms with Gasteiger partial charge in [-0.05, 0) is 58.4 Å². The van der Waals surface area contributed by atoms with Gasteiger partial charge in [-0.25, -0.2) is 0 Å². The average Bonchev–Trinajstić information content (AvgIpc) is 2.50. The van der Waals surface area contributed by atoms with Gasteiger partial charge >= 0.3 is 0 Å². The van der Waals surface area contributed by atoms with E-state index in [9.17, 15) is 5.26 Å². The Morgan fingerprint density at radius 3 is 2.75 bits per heavy atom. The summed E-state index contributed by atoms with van der Waals surface area (Å²) in [5, 5.41) is 12.6. The Morgan fingerprint density at radius 2 is 2.10 bits per heavy atom. The number of nitrogens with one attached hydrogen (secondary N) is 1. The minimum absolute atomic E-state index is 0.339. The molecule has 3 unspecified atom stereocenters. The van der Waals surface area contributed by atoms with Gasteiger partial charge in [0.1, 0.15) is 5.54 Å². The van der Waals surface area contributed by atoms with Crippen molar-refractivity contribution in [3.05, 3.63) is 0 Å². The largest absolute Gasteiger partial charge is 0.381 e. The third kappa shape index (κ3) is 6.21. The second-order valence-electron chi connectivity index (χ2n) is 5.99. The lowest BCUT2D eigenvalue weighted by Gasteiger charge is -2.29. The molecule has 0 spiro atoms. The Hall–Kier alpha value is -0.630. The maximum Gasteiger partial charge on any atom is 0.104 e. The van der Waals surface area contributed by atoms with Crippen molar-refractivity contribution in [2.75, 3.05) is 20.3 Å². The Kier molecular flexibility index (Phi) is 8.13. The summed E-state index contributed by atoms with van der Waals surface area (Å²) < 4.78 is 11.4. The van der Waals surface area contributed by atoms with Crippen LogP contribution in [0.15, 0.2) is 0 Å². The van der Waals surface area contributed by atoms with Crippen molar-refractivity contribution in [1.82, 2.24) is 5.32 Å². The number of nitriles is 1. The minimum atomic E-state index is -0.416. The van der Waals surface area contributed by atoms with E-state index in [1.807, 2.05) is 6.92 Å². The normalized spacial score (nSPS) is 25.9. The molecule has 0 saturated heterocycles. The molecule has 1 aliphatic carbocycles. The maximum absolute atomic E-state index is 9.26. The van der Waals surface area contributed by atoms with Crippen molar-refractivity contribution >= 4 is 0 Å². The molecular weight excluding hydrogens is 252 g/mol. The van der Waals surface area contributed by atoms with E-state index in [0.717, 1.165) is 51.7 Å². The molecule has 0 aromatic heterocycles. The highest BCUT2D eigenvalue weighted by Gasteiger charge is 2.24. The fourth-order valence-electron chi connectivity index (χ4n) is 2.73. The summed E-state index contributed by atoms with van der Waals surface area (Å²) in [6.45, 7) is 5.72. The summed E-state index contributed by atoms with van der Waals surface area (Å²) in [4.78, 5) is 0. The summed E-state index contributed by atoms with van der Waals surface area (Å²) >= 11 is 0. The predicted molar refractivity (Wildman–Crippen MR) is 80.6 cm³/mol. The Bertz CT molecular complexity index is 303. The van der Waals surface area contributed by atoms with Crippen molar-refractivity contribution < 1.29 is 9.47 Å². The first kappa shape index (κ1) is 17.4. The lowest BCUT2D eigenvalue weighted by Crippen LogP contribution is -2.41. The van der Waals surface area contributed by atoms with Crippen LogP contribution < -0.4 is 5.32 Å². The van der Waals surface area contributed by atoms with E-state index < -0.39 is 5.54 Å². The summed E-state index contributed by atoms with van der Waals surface area (Å²) in [6.07, 6.45) is 8.02. The van der Waals surface area contributed by atoms with Gasteiger partial charge in [0, 0.05) is 13.7 Å². The van der Waals surface area contributed by atoms with Crippen LogP contribution in [0.2, 0.25) is 0 Å². The maximum atomic E-state index is 9.26. The number of methoxy groups -OCH3 is 1. The van der Waals surface area contributed by atoms with Crippen molar-refractivity contribution in [2.45, 2.75) is 76.5 Å². The first-order chi connectivity index (χ1) is 9.63. The number of hydrogen-bond acceptors (Lipinski definition) is 4. The first-order valence-corrected chi connectivity index (χ1v) is 7.94. The second kappa shape index (κ2) is 9.33. The van der Waals surface area contributed by atoms with Gasteiger partial charge in [-0.2, -0.15) is 5.26 Å². The van der Waals surface area contributed by atoms with E-state index in [4.69, 9.17) is 9.47 Å². The predicted octanol–water partition coefficient (Wildman–Crippen LogP) is 3.02. The number of hydrogen-bond donors (Lipinski definition) is 1. The SMILES string of the molecule is CCCNC(C)(C#N)CCCOC1CCCC(OC)C1. The van der Waals surface area contributed by atoms with Crippen LogP contribution in [0, 0.1) is 11.3 Å². The van der Waals surface area contributed by atoms with Crippen LogP contribution in [-0.2, 0) is 9.47 Å². The van der Waals surface area contributed by atoms with E-state index in [2.05, 4.69) is 18.3 Å². The average molecular weight is 282 g/mol. The van der Waals surface area contributed by atoms with Crippen LogP contribution >= 0.6 is 0 Å². The first-order valence-electron chi connectivity index (χ1n) is 7.94. The molecule has 4 heteroatoms. The molecule has 4 nitrogen and oxygen atoms in total. The van der Waals surface area contributed by atoms with E-state index in [-0.39, 0.29) is 0 Å². The zero-order chi connectivity index (χ0) is 14.8. The molecule has 20 heavy (non-hydrogen) atoms. The molecule has 1 fully saturated rings. The molecule has 0 aromatic rings. The van der Waals surface area contributed by atoms with Crippen molar-refractivity contribution in [2.24, 2.45) is 0 Å². The molecule has 0 radical (unpaired) electrons. The lowest BCUT2D eigenvalue weighted by atomic mass is 9.94. The fraction of sp³-hybridized carbons (Fsp3) is 0.938. The van der Waals surface area contributed by atoms with Gasteiger partial charge in [-0.1, -0.05) is 6.92 Å². The van der Waals surface area contributed by atoms with Crippen LogP contribution in [0.1, 0.15) is 58.8 Å². The molecule has 0 aliphatic heterocycles. The molecular formula is C16H30N2O2. The van der Waals surface area contributed by atoms with Crippen molar-refractivity contribution in [3.63, 3.8) is 0 Å². The van der Waals surface area contributed by atoms with E-state index in [1.165, 1.54) is 6.42 Å². The number of rotatable bonds is 9.